The minimum atomic E-state index is -1.05. The molecule has 32 heavy (non-hydrogen) atoms. The number of fused-ring (bicyclic) bond motifs is 1. The average molecular weight is 440 g/mol. The summed E-state index contributed by atoms with van der Waals surface area (Å²) in [6.45, 7) is 7.93. The molecule has 4 N–H and O–H groups in total. The number of nitrogens with zero attached hydrogens (tertiary/aromatic N) is 3. The number of nitrogens with one attached hydrogen (secondary N) is 1. The molecule has 3 heterocycles. The van der Waals surface area contributed by atoms with E-state index in [4.69, 9.17) is 15.2 Å². The van der Waals surface area contributed by atoms with Gasteiger partial charge in [-0.05, 0) is 32.9 Å². The molecule has 1 aromatic carbocycles. The van der Waals surface area contributed by atoms with Gasteiger partial charge in [0.05, 0.1) is 35.8 Å². The first-order valence-corrected chi connectivity index (χ1v) is 10.6. The first-order valence-electron chi connectivity index (χ1n) is 10.6. The van der Waals surface area contributed by atoms with E-state index in [1.165, 1.54) is 6.20 Å². The van der Waals surface area contributed by atoms with Gasteiger partial charge in [0, 0.05) is 49.7 Å². The summed E-state index contributed by atoms with van der Waals surface area (Å²) in [6, 6.07) is 5.51. The molecule has 1 amide bonds. The van der Waals surface area contributed by atoms with Crippen LogP contribution in [-0.2, 0) is 16.0 Å². The van der Waals surface area contributed by atoms with Crippen LogP contribution in [0.3, 0.4) is 0 Å². The number of amides is 1. The SMILES string of the molecule is CC(C)(O)[C@]1(C)Cc2cc(NC(=O)C(=CN)c3ncccn3)c(N3CCOCC3)cc2O1. The van der Waals surface area contributed by atoms with Crippen LogP contribution >= 0.6 is 0 Å². The normalized spacial score (nSPS) is 21.1. The fraction of sp³-hybridized carbons (Fsp3) is 0.435. The summed E-state index contributed by atoms with van der Waals surface area (Å²) >= 11 is 0. The van der Waals surface area contributed by atoms with Gasteiger partial charge in [-0.2, -0.15) is 0 Å². The second kappa shape index (κ2) is 8.40. The van der Waals surface area contributed by atoms with Gasteiger partial charge in [-0.15, -0.1) is 0 Å². The molecule has 1 saturated heterocycles. The molecular weight excluding hydrogens is 410 g/mol. The third kappa shape index (κ3) is 4.13. The first kappa shape index (κ1) is 22.0. The maximum absolute atomic E-state index is 13.1. The van der Waals surface area contributed by atoms with Crippen LogP contribution in [0.4, 0.5) is 11.4 Å². The molecule has 0 radical (unpaired) electrons. The molecule has 2 aliphatic heterocycles. The molecule has 2 aliphatic rings. The third-order valence-electron chi connectivity index (χ3n) is 6.15. The van der Waals surface area contributed by atoms with Crippen molar-refractivity contribution in [2.45, 2.75) is 38.4 Å². The maximum atomic E-state index is 13.1. The Morgan fingerprint density at radius 1 is 1.28 bits per heavy atom. The second-order valence-corrected chi connectivity index (χ2v) is 8.75. The van der Waals surface area contributed by atoms with Gasteiger partial charge in [-0.25, -0.2) is 9.97 Å². The number of ether oxygens (including phenoxy) is 2. The molecular formula is C23H29N5O4. The van der Waals surface area contributed by atoms with Crippen LogP contribution < -0.4 is 20.7 Å². The van der Waals surface area contributed by atoms with Gasteiger partial charge in [-0.3, -0.25) is 4.79 Å². The fourth-order valence-electron chi connectivity index (χ4n) is 3.88. The number of aliphatic hydroxyl groups is 1. The Morgan fingerprint density at radius 2 is 1.97 bits per heavy atom. The number of benzene rings is 1. The van der Waals surface area contributed by atoms with Crippen molar-refractivity contribution in [3.8, 4) is 5.75 Å². The molecule has 9 nitrogen and oxygen atoms in total. The van der Waals surface area contributed by atoms with Crippen molar-refractivity contribution in [1.82, 2.24) is 9.97 Å². The highest BCUT2D eigenvalue weighted by molar-refractivity contribution is 6.24. The number of hydrogen-bond donors (Lipinski definition) is 3. The lowest BCUT2D eigenvalue weighted by atomic mass is 9.84. The van der Waals surface area contributed by atoms with E-state index < -0.39 is 17.1 Å². The zero-order valence-corrected chi connectivity index (χ0v) is 18.6. The lowest BCUT2D eigenvalue weighted by Crippen LogP contribution is -2.51. The summed E-state index contributed by atoms with van der Waals surface area (Å²) in [5.41, 5.74) is 6.46. The van der Waals surface area contributed by atoms with Crippen LogP contribution in [0.15, 0.2) is 36.8 Å². The summed E-state index contributed by atoms with van der Waals surface area (Å²) in [4.78, 5) is 23.5. The Labute approximate surface area is 187 Å². The lowest BCUT2D eigenvalue weighted by Gasteiger charge is -2.36. The van der Waals surface area contributed by atoms with Crippen LogP contribution in [0.5, 0.6) is 5.75 Å². The van der Waals surface area contributed by atoms with E-state index in [1.54, 1.807) is 32.3 Å². The van der Waals surface area contributed by atoms with Crippen molar-refractivity contribution >= 4 is 22.9 Å². The lowest BCUT2D eigenvalue weighted by molar-refractivity contribution is -0.111. The van der Waals surface area contributed by atoms with Crippen molar-refractivity contribution in [3.05, 3.63) is 48.2 Å². The Hall–Kier alpha value is -3.17. The minimum absolute atomic E-state index is 0.177. The second-order valence-electron chi connectivity index (χ2n) is 8.75. The number of morpholine rings is 1. The number of anilines is 2. The van der Waals surface area contributed by atoms with E-state index >= 15 is 0 Å². The number of carbonyl (C=O) groups is 1. The van der Waals surface area contributed by atoms with Crippen molar-refractivity contribution in [2.24, 2.45) is 5.73 Å². The van der Waals surface area contributed by atoms with Crippen molar-refractivity contribution in [1.29, 1.82) is 0 Å². The summed E-state index contributed by atoms with van der Waals surface area (Å²) < 4.78 is 11.7. The van der Waals surface area contributed by atoms with E-state index in [1.807, 2.05) is 19.1 Å². The van der Waals surface area contributed by atoms with Gasteiger partial charge in [0.15, 0.2) is 5.82 Å². The standard InChI is InChI=1S/C23H29N5O4/c1-22(2,30)23(3)13-15-11-17(18(12-19(15)32-23)28-7-9-31-10-8-28)27-21(29)16(14-24)20-25-5-4-6-26-20/h4-6,11-12,14,30H,7-10,13,24H2,1-3H3,(H,27,29)/t23-/m0/s1. The number of carbonyl (C=O) groups excluding carboxylic acids is 1. The third-order valence-corrected chi connectivity index (χ3v) is 6.15. The Bertz CT molecular complexity index is 1030. The Balaban J connectivity index is 1.69. The van der Waals surface area contributed by atoms with Crippen LogP contribution in [0.2, 0.25) is 0 Å². The van der Waals surface area contributed by atoms with Gasteiger partial charge >= 0.3 is 0 Å². The summed E-state index contributed by atoms with van der Waals surface area (Å²) in [7, 11) is 0. The van der Waals surface area contributed by atoms with Crippen LogP contribution in [0.25, 0.3) is 5.57 Å². The molecule has 9 heteroatoms. The molecule has 0 unspecified atom stereocenters. The summed E-state index contributed by atoms with van der Waals surface area (Å²) in [5, 5.41) is 13.6. The zero-order valence-electron chi connectivity index (χ0n) is 18.6. The molecule has 0 saturated carbocycles. The molecule has 1 aromatic heterocycles. The summed E-state index contributed by atoms with van der Waals surface area (Å²) in [5.74, 6) is 0.548. The molecule has 1 fully saturated rings. The number of nitrogens with two attached hydrogens (primary N) is 1. The van der Waals surface area contributed by atoms with E-state index in [0.29, 0.717) is 44.2 Å². The van der Waals surface area contributed by atoms with Gasteiger partial charge in [0.25, 0.3) is 5.91 Å². The van der Waals surface area contributed by atoms with Gasteiger partial charge in [0.1, 0.15) is 11.4 Å². The largest absolute Gasteiger partial charge is 0.484 e. The number of rotatable bonds is 5. The van der Waals surface area contributed by atoms with Gasteiger partial charge < -0.3 is 30.5 Å². The van der Waals surface area contributed by atoms with Crippen molar-refractivity contribution in [3.63, 3.8) is 0 Å². The van der Waals surface area contributed by atoms with Crippen molar-refractivity contribution in [2.75, 3.05) is 36.5 Å². The summed E-state index contributed by atoms with van der Waals surface area (Å²) in [6.07, 6.45) is 4.84. The number of hydrogen-bond acceptors (Lipinski definition) is 8. The van der Waals surface area contributed by atoms with E-state index in [9.17, 15) is 9.90 Å². The Kier molecular flexibility index (Phi) is 5.79. The van der Waals surface area contributed by atoms with E-state index in [-0.39, 0.29) is 11.4 Å². The van der Waals surface area contributed by atoms with Crippen molar-refractivity contribution < 1.29 is 19.4 Å². The maximum Gasteiger partial charge on any atom is 0.261 e. The molecule has 4 rings (SSSR count). The first-order chi connectivity index (χ1) is 15.2. The van der Waals surface area contributed by atoms with Gasteiger partial charge in [-0.1, -0.05) is 0 Å². The molecule has 0 bridgehead atoms. The number of aromatic nitrogens is 2. The average Bonchev–Trinajstić information content (AvgIpc) is 3.11. The monoisotopic (exact) mass is 439 g/mol. The van der Waals surface area contributed by atoms with Crippen LogP contribution in [-0.4, -0.2) is 58.5 Å². The zero-order chi connectivity index (χ0) is 22.9. The molecule has 0 spiro atoms. The molecule has 0 aliphatic carbocycles. The Morgan fingerprint density at radius 3 is 2.59 bits per heavy atom. The van der Waals surface area contributed by atoms with E-state index in [2.05, 4.69) is 20.2 Å². The highest BCUT2D eigenvalue weighted by Gasteiger charge is 2.47. The van der Waals surface area contributed by atoms with Crippen LogP contribution in [0, 0.1) is 0 Å². The fourth-order valence-corrected chi connectivity index (χ4v) is 3.88. The molecule has 2 aromatic rings. The molecule has 1 atom stereocenters. The van der Waals surface area contributed by atoms with E-state index in [0.717, 1.165) is 11.3 Å². The highest BCUT2D eigenvalue weighted by Crippen LogP contribution is 2.45. The highest BCUT2D eigenvalue weighted by atomic mass is 16.5. The minimum Gasteiger partial charge on any atom is -0.484 e. The smallest absolute Gasteiger partial charge is 0.261 e. The van der Waals surface area contributed by atoms with Crippen LogP contribution in [0.1, 0.15) is 32.2 Å². The molecule has 170 valence electrons. The predicted molar refractivity (Wildman–Crippen MR) is 121 cm³/mol. The predicted octanol–water partition coefficient (Wildman–Crippen LogP) is 1.72. The van der Waals surface area contributed by atoms with Gasteiger partial charge in [0.2, 0.25) is 0 Å². The topological polar surface area (TPSA) is 123 Å². The quantitative estimate of drug-likeness (QED) is 0.602.